The van der Waals surface area contributed by atoms with Crippen LogP contribution in [0.1, 0.15) is 37.8 Å². The van der Waals surface area contributed by atoms with E-state index < -0.39 is 0 Å². The van der Waals surface area contributed by atoms with Crippen molar-refractivity contribution in [3.63, 3.8) is 0 Å². The zero-order valence-corrected chi connectivity index (χ0v) is 7.66. The van der Waals surface area contributed by atoms with E-state index in [0.717, 1.165) is 5.92 Å². The number of rotatable bonds is 1. The van der Waals surface area contributed by atoms with E-state index in [4.69, 9.17) is 0 Å². The first kappa shape index (κ1) is 7.48. The van der Waals surface area contributed by atoms with Crippen molar-refractivity contribution in [1.82, 2.24) is 9.97 Å². The fourth-order valence-electron chi connectivity index (χ4n) is 2.88. The molecule has 1 heterocycles. The molecule has 2 heteroatoms. The molecular weight excluding hydrogens is 160 g/mol. The monoisotopic (exact) mass is 173 g/mol. The summed E-state index contributed by atoms with van der Waals surface area (Å²) < 4.78 is 0. The highest BCUT2D eigenvalue weighted by Gasteiger charge is 2.56. The van der Waals surface area contributed by atoms with E-state index in [1.807, 2.05) is 6.20 Å². The van der Waals surface area contributed by atoms with Crippen LogP contribution >= 0.6 is 0 Å². The highest BCUT2D eigenvalue weighted by molar-refractivity contribution is 5.27. The van der Waals surface area contributed by atoms with Crippen molar-refractivity contribution in [2.75, 3.05) is 0 Å². The van der Waals surface area contributed by atoms with Gasteiger partial charge in [0.15, 0.2) is 6.33 Å². The molecule has 0 N–H and O–H groups in total. The maximum Gasteiger partial charge on any atom is 0.197 e. The lowest BCUT2D eigenvalue weighted by Crippen LogP contribution is -2.15. The Morgan fingerprint density at radius 3 is 3.23 bits per heavy atom. The van der Waals surface area contributed by atoms with Crippen LogP contribution in [0.5, 0.6) is 0 Å². The Balaban J connectivity index is 1.94. The molecule has 0 saturated heterocycles. The van der Waals surface area contributed by atoms with Gasteiger partial charge in [-0.25, -0.2) is 9.97 Å². The third-order valence-corrected chi connectivity index (χ3v) is 3.70. The molecule has 0 bridgehead atoms. The van der Waals surface area contributed by atoms with Crippen LogP contribution in [0.15, 0.2) is 12.3 Å². The number of fused-ring (bicyclic) bond motifs is 1. The molecule has 3 rings (SSSR count). The lowest BCUT2D eigenvalue weighted by Gasteiger charge is -2.20. The van der Waals surface area contributed by atoms with Crippen LogP contribution < -0.4 is 0 Å². The second kappa shape index (κ2) is 2.53. The molecular formula is C11H13N2. The summed E-state index contributed by atoms with van der Waals surface area (Å²) >= 11 is 0. The lowest BCUT2D eigenvalue weighted by molar-refractivity contribution is 0.420. The minimum Gasteiger partial charge on any atom is -0.234 e. The molecule has 0 amide bonds. The molecule has 67 valence electrons. The van der Waals surface area contributed by atoms with Gasteiger partial charge in [0, 0.05) is 11.6 Å². The molecule has 2 fully saturated rings. The third-order valence-electron chi connectivity index (χ3n) is 3.70. The summed E-state index contributed by atoms with van der Waals surface area (Å²) in [5, 5.41) is 0. The van der Waals surface area contributed by atoms with Crippen LogP contribution in [-0.4, -0.2) is 9.97 Å². The van der Waals surface area contributed by atoms with Crippen molar-refractivity contribution in [3.05, 3.63) is 24.3 Å². The van der Waals surface area contributed by atoms with Crippen molar-refractivity contribution in [3.8, 4) is 0 Å². The number of hydrogen-bond donors (Lipinski definition) is 0. The normalized spacial score (nSPS) is 36.8. The van der Waals surface area contributed by atoms with Crippen molar-refractivity contribution >= 4 is 0 Å². The van der Waals surface area contributed by atoms with Gasteiger partial charge in [0.05, 0.1) is 5.69 Å². The Kier molecular flexibility index (Phi) is 1.46. The fraction of sp³-hybridized carbons (Fsp3) is 0.636. The molecule has 2 aliphatic rings. The minimum atomic E-state index is 0.456. The van der Waals surface area contributed by atoms with Gasteiger partial charge in [0.25, 0.3) is 0 Å². The average molecular weight is 173 g/mol. The molecule has 0 spiro atoms. The molecule has 2 saturated carbocycles. The first-order valence-electron chi connectivity index (χ1n) is 5.11. The SMILES string of the molecule is [c]1nccc(C23CCCCC2C3)n1. The van der Waals surface area contributed by atoms with E-state index in [-0.39, 0.29) is 0 Å². The molecule has 1 aromatic rings. The standard InChI is InChI=1S/C11H13N2/c1-2-5-11(7-9(11)3-1)10-4-6-12-8-13-10/h4,6,9H,1-3,5,7H2. The quantitative estimate of drug-likeness (QED) is 0.650. The highest BCUT2D eigenvalue weighted by Crippen LogP contribution is 2.61. The molecule has 0 aliphatic heterocycles. The van der Waals surface area contributed by atoms with E-state index in [9.17, 15) is 0 Å². The van der Waals surface area contributed by atoms with E-state index in [2.05, 4.69) is 22.4 Å². The lowest BCUT2D eigenvalue weighted by atomic mass is 9.86. The van der Waals surface area contributed by atoms with Gasteiger partial charge in [0.2, 0.25) is 0 Å². The van der Waals surface area contributed by atoms with Gasteiger partial charge in [-0.2, -0.15) is 0 Å². The van der Waals surface area contributed by atoms with Crippen LogP contribution in [0.25, 0.3) is 0 Å². The minimum absolute atomic E-state index is 0.456. The Morgan fingerprint density at radius 1 is 1.46 bits per heavy atom. The van der Waals surface area contributed by atoms with Crippen molar-refractivity contribution in [1.29, 1.82) is 0 Å². The largest absolute Gasteiger partial charge is 0.234 e. The summed E-state index contributed by atoms with van der Waals surface area (Å²) in [6.07, 6.45) is 11.4. The third kappa shape index (κ3) is 1.01. The average Bonchev–Trinajstić information content (AvgIpc) is 2.94. The van der Waals surface area contributed by atoms with E-state index in [0.29, 0.717) is 5.41 Å². The smallest absolute Gasteiger partial charge is 0.197 e. The van der Waals surface area contributed by atoms with Gasteiger partial charge in [-0.05, 0) is 31.2 Å². The van der Waals surface area contributed by atoms with Gasteiger partial charge in [-0.1, -0.05) is 12.8 Å². The Hall–Kier alpha value is -0.920. The maximum absolute atomic E-state index is 4.28. The zero-order chi connectivity index (χ0) is 8.73. The molecule has 1 aromatic heterocycles. The summed E-state index contributed by atoms with van der Waals surface area (Å²) in [4.78, 5) is 8.13. The zero-order valence-electron chi connectivity index (χ0n) is 7.66. The van der Waals surface area contributed by atoms with Crippen LogP contribution in [0, 0.1) is 12.2 Å². The van der Waals surface area contributed by atoms with Gasteiger partial charge < -0.3 is 0 Å². The summed E-state index contributed by atoms with van der Waals surface area (Å²) in [5.41, 5.74) is 1.70. The molecule has 13 heavy (non-hydrogen) atoms. The molecule has 0 aromatic carbocycles. The Bertz CT molecular complexity index is 309. The number of aromatic nitrogens is 2. The molecule has 2 nitrogen and oxygen atoms in total. The predicted molar refractivity (Wildman–Crippen MR) is 49.1 cm³/mol. The maximum atomic E-state index is 4.28. The summed E-state index contributed by atoms with van der Waals surface area (Å²) in [6, 6.07) is 2.07. The summed E-state index contributed by atoms with van der Waals surface area (Å²) in [7, 11) is 0. The topological polar surface area (TPSA) is 25.8 Å². The fourth-order valence-corrected chi connectivity index (χ4v) is 2.88. The second-order valence-electron chi connectivity index (χ2n) is 4.34. The number of nitrogens with zero attached hydrogens (tertiary/aromatic N) is 2. The number of hydrogen-bond acceptors (Lipinski definition) is 2. The van der Waals surface area contributed by atoms with Gasteiger partial charge in [0.1, 0.15) is 0 Å². The first-order valence-corrected chi connectivity index (χ1v) is 5.11. The summed E-state index contributed by atoms with van der Waals surface area (Å²) in [6.45, 7) is 0. The Labute approximate surface area is 78.4 Å². The molecule has 2 aliphatic carbocycles. The van der Waals surface area contributed by atoms with Crippen LogP contribution in [0.4, 0.5) is 0 Å². The second-order valence-corrected chi connectivity index (χ2v) is 4.34. The van der Waals surface area contributed by atoms with Crippen LogP contribution in [-0.2, 0) is 5.41 Å². The Morgan fingerprint density at radius 2 is 2.46 bits per heavy atom. The summed E-state index contributed by atoms with van der Waals surface area (Å²) in [5.74, 6) is 0.921. The van der Waals surface area contributed by atoms with Gasteiger partial charge >= 0.3 is 0 Å². The van der Waals surface area contributed by atoms with Crippen molar-refractivity contribution < 1.29 is 0 Å². The molecule has 1 radical (unpaired) electrons. The van der Waals surface area contributed by atoms with E-state index in [1.54, 1.807) is 0 Å². The first-order chi connectivity index (χ1) is 6.42. The van der Waals surface area contributed by atoms with E-state index >= 15 is 0 Å². The molecule has 2 atom stereocenters. The van der Waals surface area contributed by atoms with Crippen molar-refractivity contribution in [2.45, 2.75) is 37.5 Å². The van der Waals surface area contributed by atoms with Gasteiger partial charge in [-0.3, -0.25) is 0 Å². The van der Waals surface area contributed by atoms with Crippen LogP contribution in [0.3, 0.4) is 0 Å². The van der Waals surface area contributed by atoms with Gasteiger partial charge in [-0.15, -0.1) is 0 Å². The van der Waals surface area contributed by atoms with Crippen molar-refractivity contribution in [2.24, 2.45) is 5.92 Å². The van der Waals surface area contributed by atoms with Crippen LogP contribution in [0.2, 0.25) is 0 Å². The predicted octanol–water partition coefficient (Wildman–Crippen LogP) is 2.11. The highest BCUT2D eigenvalue weighted by atomic mass is 14.9. The van der Waals surface area contributed by atoms with E-state index in [1.165, 1.54) is 37.8 Å². The molecule has 2 unspecified atom stereocenters.